The first-order valence-electron chi connectivity index (χ1n) is 7.40. The molecule has 0 amide bonds. The largest absolute Gasteiger partial charge is 0.456 e. The molecule has 1 aliphatic rings. The van der Waals surface area contributed by atoms with Crippen LogP contribution in [-0.4, -0.2) is 11.6 Å². The molecule has 2 nitrogen and oxygen atoms in total. The Morgan fingerprint density at radius 2 is 1.90 bits per heavy atom. The molecule has 0 saturated carbocycles. The highest BCUT2D eigenvalue weighted by atomic mass is 32.1. The van der Waals surface area contributed by atoms with Crippen molar-refractivity contribution in [3.63, 3.8) is 0 Å². The number of hydrogen-bond donors (Lipinski definition) is 0. The van der Waals surface area contributed by atoms with E-state index in [-0.39, 0.29) is 5.97 Å². The molecule has 20 heavy (non-hydrogen) atoms. The average Bonchev–Trinajstić information content (AvgIpc) is 2.67. The summed E-state index contributed by atoms with van der Waals surface area (Å²) in [5.41, 5.74) is 1.96. The maximum atomic E-state index is 12.3. The standard InChI is InChI=1S/C17H26O2S/c1-16(2,3)11-7-8-12-13(10-20-14(12)9-11)15(18)19-17(4,5)6/h10-11H,7-9H2,1-6H3. The van der Waals surface area contributed by atoms with Crippen molar-refractivity contribution in [2.24, 2.45) is 11.3 Å². The van der Waals surface area contributed by atoms with Crippen molar-refractivity contribution in [3.05, 3.63) is 21.4 Å². The summed E-state index contributed by atoms with van der Waals surface area (Å²) in [7, 11) is 0. The van der Waals surface area contributed by atoms with Crippen molar-refractivity contribution in [3.8, 4) is 0 Å². The van der Waals surface area contributed by atoms with E-state index in [1.54, 1.807) is 11.3 Å². The molecule has 1 unspecified atom stereocenters. The highest BCUT2D eigenvalue weighted by Gasteiger charge is 2.32. The molecule has 1 aromatic rings. The van der Waals surface area contributed by atoms with Crippen LogP contribution in [0.1, 0.15) is 68.8 Å². The SMILES string of the molecule is CC(C)(C)OC(=O)c1csc2c1CCC(C(C)(C)C)C2. The summed E-state index contributed by atoms with van der Waals surface area (Å²) in [5, 5.41) is 1.99. The molecule has 0 aromatic carbocycles. The lowest BCUT2D eigenvalue weighted by molar-refractivity contribution is 0.00685. The van der Waals surface area contributed by atoms with Gasteiger partial charge >= 0.3 is 5.97 Å². The van der Waals surface area contributed by atoms with Gasteiger partial charge in [0.1, 0.15) is 5.60 Å². The minimum atomic E-state index is -0.422. The zero-order valence-electron chi connectivity index (χ0n) is 13.5. The Balaban J connectivity index is 2.18. The van der Waals surface area contributed by atoms with E-state index in [0.717, 1.165) is 18.4 Å². The molecule has 3 heteroatoms. The summed E-state index contributed by atoms with van der Waals surface area (Å²) in [5.74, 6) is 0.546. The maximum Gasteiger partial charge on any atom is 0.339 e. The van der Waals surface area contributed by atoms with E-state index in [1.807, 2.05) is 26.2 Å². The Kier molecular flexibility index (Phi) is 4.03. The minimum Gasteiger partial charge on any atom is -0.456 e. The van der Waals surface area contributed by atoms with Crippen LogP contribution < -0.4 is 0 Å². The molecular formula is C17H26O2S. The third-order valence-corrected chi connectivity index (χ3v) is 5.05. The lowest BCUT2D eigenvalue weighted by Gasteiger charge is -2.34. The molecule has 1 aromatic heterocycles. The van der Waals surface area contributed by atoms with Crippen LogP contribution in [0.2, 0.25) is 0 Å². The third-order valence-electron chi connectivity index (χ3n) is 4.00. The molecule has 0 radical (unpaired) electrons. The van der Waals surface area contributed by atoms with E-state index in [0.29, 0.717) is 11.3 Å². The number of esters is 1. The van der Waals surface area contributed by atoms with Gasteiger partial charge in [-0.2, -0.15) is 0 Å². The van der Waals surface area contributed by atoms with Crippen LogP contribution >= 0.6 is 11.3 Å². The van der Waals surface area contributed by atoms with Gasteiger partial charge < -0.3 is 4.74 Å². The van der Waals surface area contributed by atoms with E-state index in [1.165, 1.54) is 16.9 Å². The number of carbonyl (C=O) groups is 1. The van der Waals surface area contributed by atoms with Gasteiger partial charge in [0, 0.05) is 10.3 Å². The number of ether oxygens (including phenoxy) is 1. The van der Waals surface area contributed by atoms with E-state index >= 15 is 0 Å². The fourth-order valence-corrected chi connectivity index (χ4v) is 3.91. The summed E-state index contributed by atoms with van der Waals surface area (Å²) in [6.45, 7) is 12.7. The molecule has 0 fully saturated rings. The van der Waals surface area contributed by atoms with E-state index < -0.39 is 5.60 Å². The molecule has 2 rings (SSSR count). The highest BCUT2D eigenvalue weighted by Crippen LogP contribution is 2.40. The first kappa shape index (κ1) is 15.6. The maximum absolute atomic E-state index is 12.3. The molecular weight excluding hydrogens is 268 g/mol. The lowest BCUT2D eigenvalue weighted by atomic mass is 9.72. The van der Waals surface area contributed by atoms with Crippen LogP contribution in [0.4, 0.5) is 0 Å². The molecule has 0 aliphatic heterocycles. The second kappa shape index (κ2) is 5.18. The van der Waals surface area contributed by atoms with Gasteiger partial charge in [-0.3, -0.25) is 0 Å². The normalized spacial score (nSPS) is 19.6. The van der Waals surface area contributed by atoms with Gasteiger partial charge in [0.15, 0.2) is 0 Å². The average molecular weight is 294 g/mol. The van der Waals surface area contributed by atoms with Gasteiger partial charge in [0.25, 0.3) is 0 Å². The summed E-state index contributed by atoms with van der Waals surface area (Å²) in [6, 6.07) is 0. The summed E-state index contributed by atoms with van der Waals surface area (Å²) >= 11 is 1.73. The van der Waals surface area contributed by atoms with Crippen LogP contribution in [-0.2, 0) is 17.6 Å². The van der Waals surface area contributed by atoms with E-state index in [9.17, 15) is 4.79 Å². The predicted molar refractivity (Wildman–Crippen MR) is 84.5 cm³/mol. The zero-order valence-corrected chi connectivity index (χ0v) is 14.3. The molecule has 0 spiro atoms. The Morgan fingerprint density at radius 1 is 1.25 bits per heavy atom. The molecule has 0 bridgehead atoms. The zero-order chi connectivity index (χ0) is 15.1. The first-order valence-corrected chi connectivity index (χ1v) is 8.28. The van der Waals surface area contributed by atoms with Crippen LogP contribution in [0.15, 0.2) is 5.38 Å². The topological polar surface area (TPSA) is 26.3 Å². The summed E-state index contributed by atoms with van der Waals surface area (Å²) in [4.78, 5) is 13.6. The van der Waals surface area contributed by atoms with Crippen LogP contribution in [0, 0.1) is 11.3 Å². The molecule has 0 N–H and O–H groups in total. The van der Waals surface area contributed by atoms with Crippen molar-refractivity contribution in [2.45, 2.75) is 66.4 Å². The molecule has 1 aliphatic carbocycles. The second-order valence-corrected chi connectivity index (χ2v) is 8.82. The monoisotopic (exact) mass is 294 g/mol. The lowest BCUT2D eigenvalue weighted by Crippen LogP contribution is -2.27. The fourth-order valence-electron chi connectivity index (χ4n) is 2.76. The summed E-state index contributed by atoms with van der Waals surface area (Å²) < 4.78 is 5.51. The predicted octanol–water partition coefficient (Wildman–Crippen LogP) is 4.85. The first-order chi connectivity index (χ1) is 9.08. The molecule has 1 atom stereocenters. The molecule has 112 valence electrons. The van der Waals surface area contributed by atoms with Crippen molar-refractivity contribution in [1.29, 1.82) is 0 Å². The van der Waals surface area contributed by atoms with Crippen molar-refractivity contribution in [2.75, 3.05) is 0 Å². The van der Waals surface area contributed by atoms with Gasteiger partial charge in [0.2, 0.25) is 0 Å². The van der Waals surface area contributed by atoms with Crippen molar-refractivity contribution >= 4 is 17.3 Å². The smallest absolute Gasteiger partial charge is 0.339 e. The highest BCUT2D eigenvalue weighted by molar-refractivity contribution is 7.10. The molecule has 0 saturated heterocycles. The minimum absolute atomic E-state index is 0.163. The van der Waals surface area contributed by atoms with E-state index in [2.05, 4.69) is 20.8 Å². The Bertz CT molecular complexity index is 500. The van der Waals surface area contributed by atoms with Gasteiger partial charge in [-0.25, -0.2) is 4.79 Å². The number of carbonyl (C=O) groups excluding carboxylic acids is 1. The number of hydrogen-bond acceptors (Lipinski definition) is 3. The summed E-state index contributed by atoms with van der Waals surface area (Å²) in [6.07, 6.45) is 3.28. The van der Waals surface area contributed by atoms with Crippen molar-refractivity contribution in [1.82, 2.24) is 0 Å². The van der Waals surface area contributed by atoms with Crippen molar-refractivity contribution < 1.29 is 9.53 Å². The van der Waals surface area contributed by atoms with Crippen LogP contribution in [0.25, 0.3) is 0 Å². The number of rotatable bonds is 1. The van der Waals surface area contributed by atoms with Crippen LogP contribution in [0.3, 0.4) is 0 Å². The molecule has 1 heterocycles. The van der Waals surface area contributed by atoms with Gasteiger partial charge in [-0.1, -0.05) is 20.8 Å². The van der Waals surface area contributed by atoms with Gasteiger partial charge in [0.05, 0.1) is 5.56 Å². The Morgan fingerprint density at radius 3 is 2.45 bits per heavy atom. The number of fused-ring (bicyclic) bond motifs is 1. The quantitative estimate of drug-likeness (QED) is 0.692. The fraction of sp³-hybridized carbons (Fsp3) is 0.706. The second-order valence-electron chi connectivity index (χ2n) is 7.86. The van der Waals surface area contributed by atoms with Gasteiger partial charge in [-0.15, -0.1) is 11.3 Å². The van der Waals surface area contributed by atoms with Crippen LogP contribution in [0.5, 0.6) is 0 Å². The Hall–Kier alpha value is -0.830. The third kappa shape index (κ3) is 3.43. The van der Waals surface area contributed by atoms with E-state index in [4.69, 9.17) is 4.74 Å². The van der Waals surface area contributed by atoms with Gasteiger partial charge in [-0.05, 0) is 56.9 Å². The number of thiophene rings is 1. The Labute approximate surface area is 126 Å².